The fourth-order valence-corrected chi connectivity index (χ4v) is 3.21. The number of amides is 2. The van der Waals surface area contributed by atoms with Crippen LogP contribution in [-0.2, 0) is 9.59 Å². The molecule has 1 N–H and O–H groups in total. The van der Waals surface area contributed by atoms with Gasteiger partial charge >= 0.3 is 0 Å². The highest BCUT2D eigenvalue weighted by atomic mass is 16.5. The summed E-state index contributed by atoms with van der Waals surface area (Å²) in [4.78, 5) is 25.9. The van der Waals surface area contributed by atoms with Crippen molar-refractivity contribution in [2.75, 3.05) is 24.6 Å². The molecule has 24 heavy (non-hydrogen) atoms. The monoisotopic (exact) mass is 332 g/mol. The molecular weight excluding hydrogens is 304 g/mol. The topological polar surface area (TPSA) is 58.6 Å². The van der Waals surface area contributed by atoms with Crippen molar-refractivity contribution in [1.29, 1.82) is 0 Å². The average Bonchev–Trinajstić information content (AvgIpc) is 2.60. The van der Waals surface area contributed by atoms with Crippen molar-refractivity contribution >= 4 is 17.5 Å². The third-order valence-corrected chi connectivity index (χ3v) is 4.45. The summed E-state index contributed by atoms with van der Waals surface area (Å²) in [7, 11) is 0. The van der Waals surface area contributed by atoms with Crippen LogP contribution in [0, 0.1) is 5.92 Å². The predicted molar refractivity (Wildman–Crippen MR) is 95.2 cm³/mol. The third-order valence-electron chi connectivity index (χ3n) is 4.45. The Hall–Kier alpha value is -2.04. The van der Waals surface area contributed by atoms with E-state index < -0.39 is 0 Å². The summed E-state index contributed by atoms with van der Waals surface area (Å²) in [6.45, 7) is 4.89. The summed E-state index contributed by atoms with van der Waals surface area (Å²) in [5.74, 6) is 0.888. The largest absolute Gasteiger partial charge is 0.492 e. The Morgan fingerprint density at radius 3 is 2.58 bits per heavy atom. The number of hydrogen-bond donors (Lipinski definition) is 1. The Morgan fingerprint density at radius 2 is 1.92 bits per heavy atom. The van der Waals surface area contributed by atoms with Gasteiger partial charge in [0, 0.05) is 25.9 Å². The van der Waals surface area contributed by atoms with Gasteiger partial charge in [0.05, 0.1) is 12.3 Å². The second kappa shape index (κ2) is 9.30. The van der Waals surface area contributed by atoms with Crippen molar-refractivity contribution in [2.45, 2.75) is 46.0 Å². The lowest BCUT2D eigenvalue weighted by Gasteiger charge is -2.25. The molecule has 1 aliphatic rings. The summed E-state index contributed by atoms with van der Waals surface area (Å²) in [6.07, 6.45) is 5.47. The average molecular weight is 332 g/mol. The number of para-hydroxylation sites is 2. The van der Waals surface area contributed by atoms with Crippen LogP contribution >= 0.6 is 0 Å². The molecule has 1 saturated carbocycles. The molecule has 0 heterocycles. The Balaban J connectivity index is 1.94. The standard InChI is InChI=1S/C19H28N2O3/c1-3-24-18-12-8-7-11-17(18)21(15(2)22)14-13-20-19(23)16-9-5-4-6-10-16/h7-8,11-12,16H,3-6,9-10,13-14H2,1-2H3,(H,20,23). The number of nitrogens with one attached hydrogen (secondary N) is 1. The molecule has 0 spiro atoms. The minimum absolute atomic E-state index is 0.0610. The van der Waals surface area contributed by atoms with Gasteiger partial charge in [-0.25, -0.2) is 0 Å². The quantitative estimate of drug-likeness (QED) is 0.834. The first-order valence-corrected chi connectivity index (χ1v) is 8.91. The number of nitrogens with zero attached hydrogens (tertiary/aromatic N) is 1. The molecule has 0 aromatic heterocycles. The molecule has 5 heteroatoms. The predicted octanol–water partition coefficient (Wildman–Crippen LogP) is 3.13. The van der Waals surface area contributed by atoms with Crippen LogP contribution < -0.4 is 15.0 Å². The van der Waals surface area contributed by atoms with E-state index in [-0.39, 0.29) is 17.7 Å². The molecule has 2 amide bonds. The van der Waals surface area contributed by atoms with Crippen molar-refractivity contribution < 1.29 is 14.3 Å². The lowest BCUT2D eigenvalue weighted by atomic mass is 9.89. The Morgan fingerprint density at radius 1 is 1.21 bits per heavy atom. The van der Waals surface area contributed by atoms with Crippen molar-refractivity contribution in [3.63, 3.8) is 0 Å². The highest BCUT2D eigenvalue weighted by molar-refractivity contribution is 5.93. The first kappa shape index (κ1) is 18.3. The van der Waals surface area contributed by atoms with E-state index in [9.17, 15) is 9.59 Å². The van der Waals surface area contributed by atoms with Crippen LogP contribution in [0.25, 0.3) is 0 Å². The summed E-state index contributed by atoms with van der Waals surface area (Å²) in [6, 6.07) is 7.50. The number of hydrogen-bond acceptors (Lipinski definition) is 3. The van der Waals surface area contributed by atoms with Crippen molar-refractivity contribution in [1.82, 2.24) is 5.32 Å². The van der Waals surface area contributed by atoms with E-state index in [0.717, 1.165) is 31.4 Å². The third kappa shape index (κ3) is 4.98. The summed E-state index contributed by atoms with van der Waals surface area (Å²) in [5, 5.41) is 2.99. The van der Waals surface area contributed by atoms with E-state index in [1.54, 1.807) is 4.90 Å². The zero-order valence-electron chi connectivity index (χ0n) is 14.7. The van der Waals surface area contributed by atoms with E-state index in [0.29, 0.717) is 25.4 Å². The van der Waals surface area contributed by atoms with E-state index >= 15 is 0 Å². The summed E-state index contributed by atoms with van der Waals surface area (Å²) >= 11 is 0. The molecular formula is C19H28N2O3. The molecule has 2 rings (SSSR count). The molecule has 0 atom stereocenters. The number of carbonyl (C=O) groups excluding carboxylic acids is 2. The zero-order valence-corrected chi connectivity index (χ0v) is 14.7. The van der Waals surface area contributed by atoms with Gasteiger partial charge < -0.3 is 15.0 Å². The van der Waals surface area contributed by atoms with Crippen LogP contribution in [0.3, 0.4) is 0 Å². The van der Waals surface area contributed by atoms with E-state index in [4.69, 9.17) is 4.74 Å². The van der Waals surface area contributed by atoms with Gasteiger partial charge in [-0.2, -0.15) is 0 Å². The number of benzene rings is 1. The number of anilines is 1. The van der Waals surface area contributed by atoms with Gasteiger partial charge in [0.1, 0.15) is 5.75 Å². The first-order chi connectivity index (χ1) is 11.6. The van der Waals surface area contributed by atoms with Crippen LogP contribution in [0.1, 0.15) is 46.0 Å². The van der Waals surface area contributed by atoms with E-state index in [1.807, 2.05) is 31.2 Å². The van der Waals surface area contributed by atoms with Crippen LogP contribution in [0.5, 0.6) is 5.75 Å². The normalized spacial score (nSPS) is 14.9. The van der Waals surface area contributed by atoms with Gasteiger partial charge in [-0.05, 0) is 31.9 Å². The van der Waals surface area contributed by atoms with Gasteiger partial charge in [0.15, 0.2) is 0 Å². The fourth-order valence-electron chi connectivity index (χ4n) is 3.21. The molecule has 1 aliphatic carbocycles. The molecule has 0 aliphatic heterocycles. The molecule has 0 saturated heterocycles. The number of carbonyl (C=O) groups is 2. The summed E-state index contributed by atoms with van der Waals surface area (Å²) in [5.41, 5.74) is 0.749. The SMILES string of the molecule is CCOc1ccccc1N(CCNC(=O)C1CCCCC1)C(C)=O. The van der Waals surface area contributed by atoms with Gasteiger partial charge in [-0.15, -0.1) is 0 Å². The highest BCUT2D eigenvalue weighted by Crippen LogP contribution is 2.28. The zero-order chi connectivity index (χ0) is 17.4. The van der Waals surface area contributed by atoms with Crippen molar-refractivity contribution in [3.05, 3.63) is 24.3 Å². The first-order valence-electron chi connectivity index (χ1n) is 8.91. The Kier molecular flexibility index (Phi) is 7.09. The van der Waals surface area contributed by atoms with Gasteiger partial charge in [0.25, 0.3) is 0 Å². The molecule has 1 fully saturated rings. The maximum Gasteiger partial charge on any atom is 0.224 e. The molecule has 0 bridgehead atoms. The second-order valence-corrected chi connectivity index (χ2v) is 6.20. The number of rotatable bonds is 7. The Labute approximate surface area is 144 Å². The second-order valence-electron chi connectivity index (χ2n) is 6.20. The minimum Gasteiger partial charge on any atom is -0.492 e. The lowest BCUT2D eigenvalue weighted by Crippen LogP contribution is -2.40. The van der Waals surface area contributed by atoms with Gasteiger partial charge in [-0.3, -0.25) is 9.59 Å². The van der Waals surface area contributed by atoms with Crippen LogP contribution in [0.4, 0.5) is 5.69 Å². The Bertz CT molecular complexity index is 553. The van der Waals surface area contributed by atoms with Crippen molar-refractivity contribution in [2.24, 2.45) is 5.92 Å². The maximum absolute atomic E-state index is 12.2. The molecule has 1 aromatic rings. The van der Waals surface area contributed by atoms with Crippen LogP contribution in [0.15, 0.2) is 24.3 Å². The molecule has 132 valence electrons. The minimum atomic E-state index is -0.0610. The smallest absolute Gasteiger partial charge is 0.224 e. The fraction of sp³-hybridized carbons (Fsp3) is 0.579. The molecule has 1 aromatic carbocycles. The van der Waals surface area contributed by atoms with Crippen molar-refractivity contribution in [3.8, 4) is 5.75 Å². The van der Waals surface area contributed by atoms with Gasteiger partial charge in [0.2, 0.25) is 11.8 Å². The van der Waals surface area contributed by atoms with E-state index in [2.05, 4.69) is 5.32 Å². The highest BCUT2D eigenvalue weighted by Gasteiger charge is 2.21. The molecule has 5 nitrogen and oxygen atoms in total. The molecule has 0 radical (unpaired) electrons. The van der Waals surface area contributed by atoms with Crippen LogP contribution in [0.2, 0.25) is 0 Å². The maximum atomic E-state index is 12.2. The summed E-state index contributed by atoms with van der Waals surface area (Å²) < 4.78 is 5.61. The van der Waals surface area contributed by atoms with E-state index in [1.165, 1.54) is 13.3 Å². The lowest BCUT2D eigenvalue weighted by molar-refractivity contribution is -0.126. The van der Waals surface area contributed by atoms with Crippen LogP contribution in [-0.4, -0.2) is 31.5 Å². The molecule has 0 unspecified atom stereocenters. The van der Waals surface area contributed by atoms with Gasteiger partial charge in [-0.1, -0.05) is 31.4 Å². The number of ether oxygens (including phenoxy) is 1.